The van der Waals surface area contributed by atoms with Gasteiger partial charge in [-0.1, -0.05) is 17.7 Å². The summed E-state index contributed by atoms with van der Waals surface area (Å²) < 4.78 is 37.2. The molecule has 0 spiro atoms. The first kappa shape index (κ1) is 14.6. The molecule has 18 heavy (non-hydrogen) atoms. The van der Waals surface area contributed by atoms with E-state index >= 15 is 0 Å². The number of carboxylic acid groups (broad SMARTS) is 1. The summed E-state index contributed by atoms with van der Waals surface area (Å²) in [6.07, 6.45) is -4.79. The molecule has 0 aliphatic rings. The number of aliphatic carboxylic acids is 1. The van der Waals surface area contributed by atoms with Gasteiger partial charge >= 0.3 is 12.1 Å². The first-order valence-corrected chi connectivity index (χ1v) is 5.39. The van der Waals surface area contributed by atoms with Crippen LogP contribution in [0.4, 0.5) is 18.9 Å². The average Bonchev–Trinajstić information content (AvgIpc) is 2.20. The summed E-state index contributed by atoms with van der Waals surface area (Å²) in [7, 11) is 0. The maximum atomic E-state index is 12.4. The molecular formula is C11H11ClF3NO2. The molecule has 0 aliphatic heterocycles. The molecule has 0 amide bonds. The standard InChI is InChI=1S/C11H11ClF3NO2/c1-6-2-3-7(12)4-9(6)16-5-8(10(17)18)11(13,14)15/h2-4,8,16H,5H2,1H3,(H,17,18). The molecule has 0 fully saturated rings. The fourth-order valence-electron chi connectivity index (χ4n) is 1.34. The maximum absolute atomic E-state index is 12.4. The molecule has 1 atom stereocenters. The molecule has 1 aromatic rings. The number of nitrogens with one attached hydrogen (secondary N) is 1. The minimum absolute atomic E-state index is 0.363. The number of halogens is 4. The molecule has 1 rings (SSSR count). The first-order valence-electron chi connectivity index (χ1n) is 5.01. The van der Waals surface area contributed by atoms with Crippen molar-refractivity contribution in [3.05, 3.63) is 28.8 Å². The Bertz CT molecular complexity index is 448. The van der Waals surface area contributed by atoms with Crippen LogP contribution >= 0.6 is 11.6 Å². The van der Waals surface area contributed by atoms with Crippen LogP contribution in [0.5, 0.6) is 0 Å². The summed E-state index contributed by atoms with van der Waals surface area (Å²) in [4.78, 5) is 10.5. The topological polar surface area (TPSA) is 49.3 Å². The smallest absolute Gasteiger partial charge is 0.403 e. The van der Waals surface area contributed by atoms with Crippen molar-refractivity contribution in [1.82, 2.24) is 0 Å². The fourth-order valence-corrected chi connectivity index (χ4v) is 1.51. The number of benzene rings is 1. The Kier molecular flexibility index (Phi) is 4.45. The van der Waals surface area contributed by atoms with Crippen molar-refractivity contribution in [3.63, 3.8) is 0 Å². The lowest BCUT2D eigenvalue weighted by atomic mass is 10.1. The van der Waals surface area contributed by atoms with E-state index in [1.807, 2.05) is 0 Å². The zero-order valence-electron chi connectivity index (χ0n) is 9.38. The number of anilines is 1. The lowest BCUT2D eigenvalue weighted by Crippen LogP contribution is -2.36. The molecule has 1 aromatic carbocycles. The Balaban J connectivity index is 2.79. The summed E-state index contributed by atoms with van der Waals surface area (Å²) >= 11 is 5.71. The molecule has 1 unspecified atom stereocenters. The normalized spacial score (nSPS) is 13.2. The van der Waals surface area contributed by atoms with E-state index in [9.17, 15) is 18.0 Å². The van der Waals surface area contributed by atoms with Crippen molar-refractivity contribution in [2.24, 2.45) is 5.92 Å². The Labute approximate surface area is 107 Å². The second kappa shape index (κ2) is 5.48. The molecular weight excluding hydrogens is 271 g/mol. The SMILES string of the molecule is Cc1ccc(Cl)cc1NCC(C(=O)O)C(F)(F)F. The van der Waals surface area contributed by atoms with Crippen molar-refractivity contribution in [2.45, 2.75) is 13.1 Å². The van der Waals surface area contributed by atoms with Gasteiger partial charge in [0.15, 0.2) is 5.92 Å². The van der Waals surface area contributed by atoms with Crippen LogP contribution in [0.1, 0.15) is 5.56 Å². The molecule has 0 bridgehead atoms. The van der Waals surface area contributed by atoms with Crippen molar-refractivity contribution in [1.29, 1.82) is 0 Å². The summed E-state index contributed by atoms with van der Waals surface area (Å²) in [5.74, 6) is -4.36. The van der Waals surface area contributed by atoms with Gasteiger partial charge in [0.2, 0.25) is 0 Å². The number of carbonyl (C=O) groups is 1. The van der Waals surface area contributed by atoms with Gasteiger partial charge in [-0.2, -0.15) is 13.2 Å². The third kappa shape index (κ3) is 3.80. The number of alkyl halides is 3. The van der Waals surface area contributed by atoms with Crippen LogP contribution in [0.3, 0.4) is 0 Å². The van der Waals surface area contributed by atoms with Gasteiger partial charge in [0, 0.05) is 17.3 Å². The van der Waals surface area contributed by atoms with E-state index < -0.39 is 24.6 Å². The number of aryl methyl sites for hydroxylation is 1. The first-order chi connectivity index (χ1) is 8.21. The van der Waals surface area contributed by atoms with Gasteiger partial charge in [-0.3, -0.25) is 4.79 Å². The molecule has 0 aliphatic carbocycles. The van der Waals surface area contributed by atoms with Crippen LogP contribution in [0.25, 0.3) is 0 Å². The number of rotatable bonds is 4. The van der Waals surface area contributed by atoms with Crippen molar-refractivity contribution >= 4 is 23.3 Å². The van der Waals surface area contributed by atoms with Crippen molar-refractivity contribution in [3.8, 4) is 0 Å². The predicted molar refractivity (Wildman–Crippen MR) is 61.9 cm³/mol. The summed E-state index contributed by atoms with van der Waals surface area (Å²) in [5.41, 5.74) is 1.07. The van der Waals surface area contributed by atoms with Crippen LogP contribution in [0.15, 0.2) is 18.2 Å². The Morgan fingerprint density at radius 2 is 2.11 bits per heavy atom. The van der Waals surface area contributed by atoms with E-state index in [4.69, 9.17) is 16.7 Å². The minimum Gasteiger partial charge on any atom is -0.481 e. The molecule has 0 saturated heterocycles. The van der Waals surface area contributed by atoms with Gasteiger partial charge in [0.05, 0.1) is 0 Å². The largest absolute Gasteiger partial charge is 0.481 e. The lowest BCUT2D eigenvalue weighted by Gasteiger charge is -2.18. The van der Waals surface area contributed by atoms with E-state index in [0.29, 0.717) is 16.3 Å². The van der Waals surface area contributed by atoms with E-state index in [0.717, 1.165) is 0 Å². The summed E-state index contributed by atoms with van der Waals surface area (Å²) in [6.45, 7) is 0.946. The van der Waals surface area contributed by atoms with Crippen LogP contribution in [0.2, 0.25) is 5.02 Å². The monoisotopic (exact) mass is 281 g/mol. The van der Waals surface area contributed by atoms with Crippen molar-refractivity contribution < 1.29 is 23.1 Å². The highest BCUT2D eigenvalue weighted by Crippen LogP contribution is 2.28. The third-order valence-corrected chi connectivity index (χ3v) is 2.62. The van der Waals surface area contributed by atoms with Gasteiger partial charge in [0.1, 0.15) is 0 Å². The number of hydrogen-bond acceptors (Lipinski definition) is 2. The molecule has 0 aromatic heterocycles. The Morgan fingerprint density at radius 1 is 1.50 bits per heavy atom. The Morgan fingerprint density at radius 3 is 2.61 bits per heavy atom. The minimum atomic E-state index is -4.79. The summed E-state index contributed by atoms with van der Waals surface area (Å²) in [5, 5.41) is 11.3. The van der Waals surface area contributed by atoms with Gasteiger partial charge < -0.3 is 10.4 Å². The average molecular weight is 282 g/mol. The highest BCUT2D eigenvalue weighted by molar-refractivity contribution is 6.30. The van der Waals surface area contributed by atoms with Crippen LogP contribution in [0, 0.1) is 12.8 Å². The zero-order chi connectivity index (χ0) is 13.9. The van der Waals surface area contributed by atoms with Crippen LogP contribution < -0.4 is 5.32 Å². The van der Waals surface area contributed by atoms with Gasteiger partial charge in [0.25, 0.3) is 0 Å². The molecule has 7 heteroatoms. The molecule has 3 nitrogen and oxygen atoms in total. The number of hydrogen-bond donors (Lipinski definition) is 2. The second-order valence-electron chi connectivity index (χ2n) is 3.77. The van der Waals surface area contributed by atoms with E-state index in [1.54, 1.807) is 19.1 Å². The van der Waals surface area contributed by atoms with Crippen LogP contribution in [-0.4, -0.2) is 23.8 Å². The van der Waals surface area contributed by atoms with Crippen LogP contribution in [-0.2, 0) is 4.79 Å². The van der Waals surface area contributed by atoms with Gasteiger partial charge in [-0.25, -0.2) is 0 Å². The zero-order valence-corrected chi connectivity index (χ0v) is 10.1. The Hall–Kier alpha value is -1.43. The molecule has 100 valence electrons. The molecule has 0 saturated carbocycles. The molecule has 2 N–H and O–H groups in total. The highest BCUT2D eigenvalue weighted by atomic mass is 35.5. The highest BCUT2D eigenvalue weighted by Gasteiger charge is 2.44. The van der Waals surface area contributed by atoms with E-state index in [1.165, 1.54) is 6.07 Å². The molecule has 0 heterocycles. The third-order valence-electron chi connectivity index (χ3n) is 2.39. The van der Waals surface area contributed by atoms with E-state index in [-0.39, 0.29) is 0 Å². The van der Waals surface area contributed by atoms with Gasteiger partial charge in [-0.05, 0) is 24.6 Å². The molecule has 0 radical (unpaired) electrons. The number of carboxylic acids is 1. The quantitative estimate of drug-likeness (QED) is 0.890. The van der Waals surface area contributed by atoms with E-state index in [2.05, 4.69) is 5.32 Å². The maximum Gasteiger partial charge on any atom is 0.403 e. The fraction of sp³-hybridized carbons (Fsp3) is 0.364. The van der Waals surface area contributed by atoms with Crippen molar-refractivity contribution in [2.75, 3.05) is 11.9 Å². The summed E-state index contributed by atoms with van der Waals surface area (Å²) in [6, 6.07) is 4.68. The predicted octanol–water partition coefficient (Wildman–Crippen LogP) is 3.32. The second-order valence-corrected chi connectivity index (χ2v) is 4.21. The lowest BCUT2D eigenvalue weighted by molar-refractivity contribution is -0.190. The van der Waals surface area contributed by atoms with Gasteiger partial charge in [-0.15, -0.1) is 0 Å².